The Morgan fingerprint density at radius 2 is 1.65 bits per heavy atom. The Kier molecular flexibility index (Phi) is 7.07. The smallest absolute Gasteiger partial charge is 0.0264 e. The second-order valence-electron chi connectivity index (χ2n) is 5.57. The maximum absolute atomic E-state index is 3.64. The zero-order valence-corrected chi connectivity index (χ0v) is 17.1. The van der Waals surface area contributed by atoms with Gasteiger partial charge < -0.3 is 4.90 Å². The van der Waals surface area contributed by atoms with Gasteiger partial charge in [-0.3, -0.25) is 0 Å². The van der Waals surface area contributed by atoms with E-state index in [4.69, 9.17) is 0 Å². The molecule has 0 atom stereocenters. The van der Waals surface area contributed by atoms with Crippen molar-refractivity contribution in [1.82, 2.24) is 4.90 Å². The molecule has 2 rings (SSSR count). The van der Waals surface area contributed by atoms with Crippen LogP contribution in [0.5, 0.6) is 0 Å². The van der Waals surface area contributed by atoms with Crippen molar-refractivity contribution >= 4 is 37.4 Å². The lowest BCUT2D eigenvalue weighted by atomic mass is 10.0. The molecule has 2 aromatic rings. The van der Waals surface area contributed by atoms with Crippen molar-refractivity contribution in [2.45, 2.75) is 20.8 Å². The molecule has 0 spiro atoms. The van der Waals surface area contributed by atoms with Gasteiger partial charge in [-0.2, -0.15) is 0 Å². The van der Waals surface area contributed by atoms with Crippen LogP contribution < -0.4 is 0 Å². The molecule has 0 aliphatic rings. The van der Waals surface area contributed by atoms with Crippen molar-refractivity contribution in [3.63, 3.8) is 0 Å². The second kappa shape index (κ2) is 8.81. The Labute approximate surface area is 156 Å². The molecular formula is C20H23Br2N. The number of benzene rings is 2. The van der Waals surface area contributed by atoms with Gasteiger partial charge in [0.2, 0.25) is 0 Å². The molecule has 0 unspecified atom stereocenters. The Balaban J connectivity index is 2.17. The summed E-state index contributed by atoms with van der Waals surface area (Å²) in [7, 11) is 0. The Morgan fingerprint density at radius 3 is 2.22 bits per heavy atom. The number of hydrogen-bond donors (Lipinski definition) is 0. The fraction of sp³-hybridized carbons (Fsp3) is 0.300. The molecule has 3 heteroatoms. The van der Waals surface area contributed by atoms with Crippen LogP contribution >= 0.6 is 31.9 Å². The van der Waals surface area contributed by atoms with Crippen LogP contribution in [0.2, 0.25) is 0 Å². The number of hydrogen-bond acceptors (Lipinski definition) is 1. The number of likely N-dealkylation sites (N-methyl/N-ethyl adjacent to an activating group) is 1. The largest absolute Gasteiger partial charge is 0.300 e. The number of halogens is 2. The van der Waals surface area contributed by atoms with E-state index < -0.39 is 0 Å². The van der Waals surface area contributed by atoms with Crippen LogP contribution in [-0.2, 0) is 0 Å². The lowest BCUT2D eigenvalue weighted by Gasteiger charge is -2.16. The molecule has 0 fully saturated rings. The summed E-state index contributed by atoms with van der Waals surface area (Å²) in [5.41, 5.74) is 5.06. The lowest BCUT2D eigenvalue weighted by molar-refractivity contribution is 0.337. The van der Waals surface area contributed by atoms with E-state index in [0.717, 1.165) is 28.6 Å². The molecule has 0 radical (unpaired) electrons. The molecule has 122 valence electrons. The first kappa shape index (κ1) is 18.4. The average Bonchev–Trinajstić information content (AvgIpc) is 2.56. The molecule has 0 saturated heterocycles. The Hall–Kier alpha value is -0.900. The van der Waals surface area contributed by atoms with Gasteiger partial charge in [-0.1, -0.05) is 82.1 Å². The molecule has 0 amide bonds. The third kappa shape index (κ3) is 5.03. The lowest BCUT2D eigenvalue weighted by Crippen LogP contribution is -2.22. The van der Waals surface area contributed by atoms with Crippen LogP contribution in [0, 0.1) is 0 Å². The Bertz CT molecular complexity index is 671. The summed E-state index contributed by atoms with van der Waals surface area (Å²) in [5, 5.41) is 0. The predicted molar refractivity (Wildman–Crippen MR) is 109 cm³/mol. The minimum absolute atomic E-state index is 1.01. The van der Waals surface area contributed by atoms with Crippen molar-refractivity contribution in [3.8, 4) is 11.1 Å². The van der Waals surface area contributed by atoms with Crippen LogP contribution in [0.1, 0.15) is 26.3 Å². The first-order valence-corrected chi connectivity index (χ1v) is 9.58. The fourth-order valence-electron chi connectivity index (χ4n) is 2.50. The normalized spacial score (nSPS) is 12.0. The SMILES string of the molecule is CCN(CC)CC=C(C)c1ccc(-c2ccc(Br)cc2Br)cc1. The highest BCUT2D eigenvalue weighted by atomic mass is 79.9. The van der Waals surface area contributed by atoms with Crippen molar-refractivity contribution in [1.29, 1.82) is 0 Å². The highest BCUT2D eigenvalue weighted by Crippen LogP contribution is 2.31. The van der Waals surface area contributed by atoms with Gasteiger partial charge in [0.25, 0.3) is 0 Å². The number of allylic oxidation sites excluding steroid dienone is 1. The molecular weight excluding hydrogens is 414 g/mol. The standard InChI is InChI=1S/C20H23Br2N/c1-4-23(5-2)13-12-15(3)16-6-8-17(9-7-16)19-11-10-18(21)14-20(19)22/h6-12,14H,4-5,13H2,1-3H3. The van der Waals surface area contributed by atoms with Gasteiger partial charge in [-0.15, -0.1) is 0 Å². The Morgan fingerprint density at radius 1 is 1.00 bits per heavy atom. The van der Waals surface area contributed by atoms with Gasteiger partial charge in [0.05, 0.1) is 0 Å². The third-order valence-corrected chi connectivity index (χ3v) is 5.28. The molecule has 23 heavy (non-hydrogen) atoms. The summed E-state index contributed by atoms with van der Waals surface area (Å²) >= 11 is 7.14. The van der Waals surface area contributed by atoms with Crippen LogP contribution in [0.25, 0.3) is 16.7 Å². The van der Waals surface area contributed by atoms with E-state index in [9.17, 15) is 0 Å². The predicted octanol–water partition coefficient (Wildman–Crippen LogP) is 6.62. The van der Waals surface area contributed by atoms with Gasteiger partial charge in [0.1, 0.15) is 0 Å². The molecule has 1 nitrogen and oxygen atoms in total. The van der Waals surface area contributed by atoms with Crippen LogP contribution in [-0.4, -0.2) is 24.5 Å². The molecule has 0 heterocycles. The number of rotatable bonds is 6. The van der Waals surface area contributed by atoms with E-state index in [1.165, 1.54) is 22.3 Å². The molecule has 2 aromatic carbocycles. The van der Waals surface area contributed by atoms with Crippen LogP contribution in [0.3, 0.4) is 0 Å². The maximum atomic E-state index is 3.64. The minimum atomic E-state index is 1.01. The van der Waals surface area contributed by atoms with E-state index in [0.29, 0.717) is 0 Å². The van der Waals surface area contributed by atoms with Gasteiger partial charge in [-0.25, -0.2) is 0 Å². The summed E-state index contributed by atoms with van der Waals surface area (Å²) in [5.74, 6) is 0. The summed E-state index contributed by atoms with van der Waals surface area (Å²) in [6, 6.07) is 15.1. The molecule has 0 aliphatic carbocycles. The average molecular weight is 437 g/mol. The third-order valence-electron chi connectivity index (χ3n) is 4.13. The van der Waals surface area contributed by atoms with E-state index in [-0.39, 0.29) is 0 Å². The summed E-state index contributed by atoms with van der Waals surface area (Å²) in [6.07, 6.45) is 2.32. The monoisotopic (exact) mass is 435 g/mol. The van der Waals surface area contributed by atoms with Gasteiger partial charge in [0, 0.05) is 15.5 Å². The van der Waals surface area contributed by atoms with Crippen molar-refractivity contribution in [3.05, 3.63) is 63.0 Å². The van der Waals surface area contributed by atoms with Gasteiger partial charge in [-0.05, 0) is 54.4 Å². The van der Waals surface area contributed by atoms with Crippen LogP contribution in [0.15, 0.2) is 57.5 Å². The topological polar surface area (TPSA) is 3.24 Å². The molecule has 0 bridgehead atoms. The quantitative estimate of drug-likeness (QED) is 0.491. The van der Waals surface area contributed by atoms with Crippen molar-refractivity contribution in [2.75, 3.05) is 19.6 Å². The summed E-state index contributed by atoms with van der Waals surface area (Å²) in [6.45, 7) is 9.80. The van der Waals surface area contributed by atoms with E-state index in [1.54, 1.807) is 0 Å². The summed E-state index contributed by atoms with van der Waals surface area (Å²) in [4.78, 5) is 2.41. The number of nitrogens with zero attached hydrogens (tertiary/aromatic N) is 1. The summed E-state index contributed by atoms with van der Waals surface area (Å²) < 4.78 is 2.19. The van der Waals surface area contributed by atoms with Crippen LogP contribution in [0.4, 0.5) is 0 Å². The molecule has 0 aromatic heterocycles. The van der Waals surface area contributed by atoms with Gasteiger partial charge >= 0.3 is 0 Å². The second-order valence-corrected chi connectivity index (χ2v) is 7.34. The molecule has 0 N–H and O–H groups in total. The molecule has 0 aliphatic heterocycles. The van der Waals surface area contributed by atoms with E-state index in [2.05, 4.69) is 106 Å². The van der Waals surface area contributed by atoms with E-state index in [1.807, 2.05) is 0 Å². The zero-order chi connectivity index (χ0) is 16.8. The first-order valence-electron chi connectivity index (χ1n) is 8.00. The fourth-order valence-corrected chi connectivity index (χ4v) is 3.78. The highest BCUT2D eigenvalue weighted by Gasteiger charge is 2.05. The minimum Gasteiger partial charge on any atom is -0.300 e. The van der Waals surface area contributed by atoms with Gasteiger partial charge in [0.15, 0.2) is 0 Å². The highest BCUT2D eigenvalue weighted by molar-refractivity contribution is 9.11. The zero-order valence-electron chi connectivity index (χ0n) is 13.9. The maximum Gasteiger partial charge on any atom is 0.0264 e. The van der Waals surface area contributed by atoms with E-state index >= 15 is 0 Å². The first-order chi connectivity index (χ1) is 11.0. The van der Waals surface area contributed by atoms with Crippen molar-refractivity contribution in [2.24, 2.45) is 0 Å². The van der Waals surface area contributed by atoms with Crippen molar-refractivity contribution < 1.29 is 0 Å². The molecule has 0 saturated carbocycles.